The number of amides is 1. The first-order valence-corrected chi connectivity index (χ1v) is 15.9. The molecule has 2 aromatic rings. The standard InChI is InChI=1S/C30H34N6O4S/c1-4-6-26(37)36-17-24(18-36)34-9-7-22(8-10-34)23-15-21(5-2)28-25(16-23)33-29-27(20(3)40-28)30(32-19-31-29)35-11-13-41(38,39)14-12-35/h2,15-16,19-20,22,24H,7-14,17-18H2,1,3H3,(H,31,32,33)/t20-/m0/s1. The zero-order chi connectivity index (χ0) is 28.7. The maximum atomic E-state index is 12.0. The van der Waals surface area contributed by atoms with Crippen molar-refractivity contribution in [2.75, 3.05) is 61.0 Å². The molecule has 11 heteroatoms. The number of ether oxygens (including phenoxy) is 1. The minimum Gasteiger partial charge on any atom is -0.482 e. The number of nitrogens with zero attached hydrogens (tertiary/aromatic N) is 5. The predicted molar refractivity (Wildman–Crippen MR) is 157 cm³/mol. The quantitative estimate of drug-likeness (QED) is 0.553. The monoisotopic (exact) mass is 574 g/mol. The number of hydrogen-bond donors (Lipinski definition) is 1. The fourth-order valence-corrected chi connectivity index (χ4v) is 7.45. The summed E-state index contributed by atoms with van der Waals surface area (Å²) in [6, 6.07) is 4.59. The second-order valence-electron chi connectivity index (χ2n) is 11.1. The number of carbonyl (C=O) groups excluding carboxylic acids is 1. The first kappa shape index (κ1) is 27.4. The number of terminal acetylenes is 1. The molecule has 0 radical (unpaired) electrons. The van der Waals surface area contributed by atoms with Crippen molar-refractivity contribution in [1.82, 2.24) is 19.8 Å². The van der Waals surface area contributed by atoms with Crippen LogP contribution in [0.3, 0.4) is 0 Å². The number of rotatable bonds is 3. The van der Waals surface area contributed by atoms with E-state index in [0.717, 1.165) is 50.3 Å². The molecule has 1 N–H and O–H groups in total. The van der Waals surface area contributed by atoms with Crippen molar-refractivity contribution in [3.05, 3.63) is 35.2 Å². The van der Waals surface area contributed by atoms with Gasteiger partial charge < -0.3 is 19.9 Å². The maximum Gasteiger partial charge on any atom is 0.298 e. The normalized spacial score (nSPS) is 22.4. The fraction of sp³-hybridized carbons (Fsp3) is 0.500. The van der Waals surface area contributed by atoms with E-state index in [9.17, 15) is 13.2 Å². The lowest BCUT2D eigenvalue weighted by Crippen LogP contribution is -2.61. The molecule has 1 aromatic carbocycles. The third-order valence-electron chi connectivity index (χ3n) is 8.63. The van der Waals surface area contributed by atoms with Gasteiger partial charge in [-0.2, -0.15) is 0 Å². The van der Waals surface area contributed by atoms with Gasteiger partial charge in [-0.3, -0.25) is 9.69 Å². The average molecular weight is 575 g/mol. The second-order valence-corrected chi connectivity index (χ2v) is 13.4. The minimum absolute atomic E-state index is 0.0858. The van der Waals surface area contributed by atoms with Gasteiger partial charge in [-0.25, -0.2) is 18.4 Å². The Kier molecular flexibility index (Phi) is 7.27. The Morgan fingerprint density at radius 1 is 1.12 bits per heavy atom. The van der Waals surface area contributed by atoms with Crippen LogP contribution in [-0.2, 0) is 14.6 Å². The Morgan fingerprint density at radius 2 is 1.85 bits per heavy atom. The molecule has 1 aromatic heterocycles. The first-order chi connectivity index (χ1) is 19.8. The summed E-state index contributed by atoms with van der Waals surface area (Å²) in [6.07, 6.45) is 9.10. The zero-order valence-corrected chi connectivity index (χ0v) is 24.2. The van der Waals surface area contributed by atoms with Crippen LogP contribution in [-0.4, -0.2) is 90.9 Å². The third-order valence-corrected chi connectivity index (χ3v) is 10.2. The molecule has 214 valence electrons. The number of fused-ring (bicyclic) bond motifs is 2. The van der Waals surface area contributed by atoms with Crippen LogP contribution in [0.25, 0.3) is 0 Å². The lowest BCUT2D eigenvalue weighted by atomic mass is 9.87. The number of carbonyl (C=O) groups is 1. The lowest BCUT2D eigenvalue weighted by Gasteiger charge is -2.47. The summed E-state index contributed by atoms with van der Waals surface area (Å²) in [5.41, 5.74) is 3.43. The number of piperidine rings is 1. The fourth-order valence-electron chi connectivity index (χ4n) is 6.25. The van der Waals surface area contributed by atoms with E-state index in [2.05, 4.69) is 50.1 Å². The van der Waals surface area contributed by atoms with Crippen LogP contribution in [0.4, 0.5) is 17.3 Å². The number of anilines is 3. The van der Waals surface area contributed by atoms with Gasteiger partial charge >= 0.3 is 0 Å². The van der Waals surface area contributed by atoms with E-state index in [1.807, 2.05) is 16.7 Å². The molecule has 1 amide bonds. The maximum absolute atomic E-state index is 12.0. The topological polar surface area (TPSA) is 108 Å². The predicted octanol–water partition coefficient (Wildman–Crippen LogP) is 2.30. The average Bonchev–Trinajstić information content (AvgIpc) is 3.08. The van der Waals surface area contributed by atoms with Gasteiger partial charge in [-0.15, -0.1) is 6.42 Å². The highest BCUT2D eigenvalue weighted by Crippen LogP contribution is 2.45. The third kappa shape index (κ3) is 5.32. The Morgan fingerprint density at radius 3 is 2.54 bits per heavy atom. The molecule has 3 saturated heterocycles. The van der Waals surface area contributed by atoms with Crippen molar-refractivity contribution in [2.24, 2.45) is 0 Å². The van der Waals surface area contributed by atoms with Gasteiger partial charge in [0.05, 0.1) is 28.3 Å². The first-order valence-electron chi connectivity index (χ1n) is 14.1. The molecule has 41 heavy (non-hydrogen) atoms. The summed E-state index contributed by atoms with van der Waals surface area (Å²) in [5, 5.41) is 3.48. The Bertz CT molecular complexity index is 1560. The number of hydrogen-bond acceptors (Lipinski definition) is 9. The van der Waals surface area contributed by atoms with Crippen LogP contribution in [0.2, 0.25) is 0 Å². The van der Waals surface area contributed by atoms with Crippen LogP contribution >= 0.6 is 0 Å². The molecule has 0 aliphatic carbocycles. The highest BCUT2D eigenvalue weighted by Gasteiger charge is 2.37. The smallest absolute Gasteiger partial charge is 0.298 e. The molecular formula is C30H34N6O4S. The summed E-state index contributed by atoms with van der Waals surface area (Å²) in [6.45, 7) is 7.81. The largest absolute Gasteiger partial charge is 0.482 e. The van der Waals surface area contributed by atoms with Crippen molar-refractivity contribution in [3.8, 4) is 29.9 Å². The van der Waals surface area contributed by atoms with E-state index in [1.165, 1.54) is 11.9 Å². The van der Waals surface area contributed by atoms with Crippen LogP contribution in [0.15, 0.2) is 18.5 Å². The summed E-state index contributed by atoms with van der Waals surface area (Å²) in [5.74, 6) is 10.5. The molecule has 0 unspecified atom stereocenters. The second kappa shape index (κ2) is 10.9. The van der Waals surface area contributed by atoms with E-state index < -0.39 is 15.9 Å². The molecule has 5 heterocycles. The summed E-state index contributed by atoms with van der Waals surface area (Å²) in [4.78, 5) is 27.3. The number of likely N-dealkylation sites (tertiary alicyclic amines) is 2. The molecule has 0 bridgehead atoms. The van der Waals surface area contributed by atoms with E-state index >= 15 is 0 Å². The molecule has 0 spiro atoms. The van der Waals surface area contributed by atoms with E-state index in [0.29, 0.717) is 48.0 Å². The lowest BCUT2D eigenvalue weighted by molar-refractivity contribution is -0.132. The highest BCUT2D eigenvalue weighted by atomic mass is 32.2. The molecule has 4 aliphatic heterocycles. The van der Waals surface area contributed by atoms with Crippen LogP contribution in [0.5, 0.6) is 5.75 Å². The van der Waals surface area contributed by atoms with Crippen molar-refractivity contribution in [3.63, 3.8) is 0 Å². The van der Waals surface area contributed by atoms with E-state index in [1.54, 1.807) is 6.92 Å². The van der Waals surface area contributed by atoms with Crippen LogP contribution < -0.4 is 15.0 Å². The van der Waals surface area contributed by atoms with Crippen molar-refractivity contribution in [2.45, 2.75) is 44.8 Å². The van der Waals surface area contributed by atoms with Gasteiger partial charge in [-0.05, 0) is 69.3 Å². The SMILES string of the molecule is C#Cc1cc(C2CCN(C3CN(C(=O)C#CC)C3)CC2)cc2c1O[C@@H](C)c1c(ncnc1N1CCS(=O)(=O)CC1)N2. The van der Waals surface area contributed by atoms with Crippen molar-refractivity contribution in [1.29, 1.82) is 0 Å². The Hall–Kier alpha value is -3.80. The minimum atomic E-state index is -3.03. The molecule has 6 rings (SSSR count). The number of sulfone groups is 1. The Balaban J connectivity index is 1.20. The van der Waals surface area contributed by atoms with Crippen molar-refractivity contribution >= 4 is 33.1 Å². The number of aromatic nitrogens is 2. The number of benzene rings is 1. The Labute approximate surface area is 241 Å². The van der Waals surface area contributed by atoms with Gasteiger partial charge in [0, 0.05) is 32.2 Å². The summed E-state index contributed by atoms with van der Waals surface area (Å²) in [7, 11) is -3.03. The number of nitrogens with one attached hydrogen (secondary N) is 1. The van der Waals surface area contributed by atoms with Crippen molar-refractivity contribution < 1.29 is 17.9 Å². The zero-order valence-electron chi connectivity index (χ0n) is 23.4. The summed E-state index contributed by atoms with van der Waals surface area (Å²) >= 11 is 0. The van der Waals surface area contributed by atoms with Gasteiger partial charge in [0.25, 0.3) is 5.91 Å². The van der Waals surface area contributed by atoms with Gasteiger partial charge in [0.2, 0.25) is 0 Å². The van der Waals surface area contributed by atoms with Crippen LogP contribution in [0.1, 0.15) is 55.4 Å². The van der Waals surface area contributed by atoms with Gasteiger partial charge in [0.15, 0.2) is 15.6 Å². The van der Waals surface area contributed by atoms with E-state index in [4.69, 9.17) is 11.2 Å². The molecule has 1 atom stereocenters. The molecule has 4 aliphatic rings. The van der Waals surface area contributed by atoms with Crippen LogP contribution in [0, 0.1) is 24.2 Å². The van der Waals surface area contributed by atoms with Gasteiger partial charge in [-0.1, -0.05) is 11.8 Å². The molecule has 3 fully saturated rings. The molecule has 0 saturated carbocycles. The highest BCUT2D eigenvalue weighted by molar-refractivity contribution is 7.91. The molecular weight excluding hydrogens is 540 g/mol. The van der Waals surface area contributed by atoms with Gasteiger partial charge in [0.1, 0.15) is 24.1 Å². The van der Waals surface area contributed by atoms with E-state index in [-0.39, 0.29) is 17.4 Å². The molecule has 10 nitrogen and oxygen atoms in total. The summed E-state index contributed by atoms with van der Waals surface area (Å²) < 4.78 is 30.5.